The fourth-order valence-corrected chi connectivity index (χ4v) is 1.33. The molecule has 0 radical (unpaired) electrons. The first-order valence-electron chi connectivity index (χ1n) is 4.10. The van der Waals surface area contributed by atoms with Crippen molar-refractivity contribution in [2.75, 3.05) is 6.61 Å². The number of rotatable bonds is 7. The van der Waals surface area contributed by atoms with Gasteiger partial charge < -0.3 is 9.42 Å². The van der Waals surface area contributed by atoms with Crippen LogP contribution in [-0.2, 0) is 9.09 Å². The average Bonchev–Trinajstić information content (AvgIpc) is 2.09. The number of terminal acetylenes is 1. The first kappa shape index (κ1) is 12.4. The molecule has 0 aromatic heterocycles. The summed E-state index contributed by atoms with van der Waals surface area (Å²) < 4.78 is 14.9. The van der Waals surface area contributed by atoms with Crippen LogP contribution in [0.1, 0.15) is 19.3 Å². The monoisotopic (exact) mass is 202 g/mol. The maximum Gasteiger partial charge on any atom is 0.316 e. The Morgan fingerprint density at radius 1 is 1.77 bits per heavy atom. The van der Waals surface area contributed by atoms with Crippen molar-refractivity contribution in [3.8, 4) is 12.3 Å². The lowest BCUT2D eigenvalue weighted by molar-refractivity contribution is 0.227. The maximum atomic E-state index is 10.3. The smallest absolute Gasteiger partial charge is 0.316 e. The third kappa shape index (κ3) is 7.80. The molecule has 4 heteroatoms. The first-order valence-corrected chi connectivity index (χ1v) is 5.37. The Morgan fingerprint density at radius 2 is 2.46 bits per heavy atom. The molecule has 74 valence electrons. The van der Waals surface area contributed by atoms with Gasteiger partial charge in [0.1, 0.15) is 0 Å². The lowest BCUT2D eigenvalue weighted by Crippen LogP contribution is -2.06. The molecule has 1 N–H and O–H groups in total. The highest BCUT2D eigenvalue weighted by Gasteiger charge is 2.07. The van der Waals surface area contributed by atoms with Crippen molar-refractivity contribution in [1.82, 2.24) is 0 Å². The Bertz CT molecular complexity index is 207. The number of allylic oxidation sites excluding steroid dienone is 1. The number of hydrogen-bond donors (Lipinski definition) is 1. The molecule has 13 heavy (non-hydrogen) atoms. The molecular formula is C9H15O3P. The minimum Gasteiger partial charge on any atom is -0.326 e. The summed E-state index contributed by atoms with van der Waals surface area (Å²) in [5, 5.41) is 0. The molecule has 0 fully saturated rings. The van der Waals surface area contributed by atoms with E-state index in [9.17, 15) is 4.57 Å². The van der Waals surface area contributed by atoms with Gasteiger partial charge in [-0.15, -0.1) is 18.9 Å². The van der Waals surface area contributed by atoms with E-state index >= 15 is 0 Å². The Kier molecular flexibility index (Phi) is 7.73. The van der Waals surface area contributed by atoms with Crippen LogP contribution in [0.4, 0.5) is 0 Å². The van der Waals surface area contributed by atoms with E-state index in [2.05, 4.69) is 17.0 Å². The van der Waals surface area contributed by atoms with Crippen LogP contribution in [0.3, 0.4) is 0 Å². The average molecular weight is 202 g/mol. The van der Waals surface area contributed by atoms with Crippen molar-refractivity contribution in [2.45, 2.75) is 19.3 Å². The second kappa shape index (κ2) is 8.07. The third-order valence-electron chi connectivity index (χ3n) is 1.63. The van der Waals surface area contributed by atoms with Gasteiger partial charge in [0.2, 0.25) is 0 Å². The van der Waals surface area contributed by atoms with Gasteiger partial charge in [-0.1, -0.05) is 6.08 Å². The molecule has 0 spiro atoms. The van der Waals surface area contributed by atoms with E-state index in [1.54, 1.807) is 6.08 Å². The zero-order valence-corrected chi connectivity index (χ0v) is 8.53. The predicted molar refractivity (Wildman–Crippen MR) is 53.5 cm³/mol. The second-order valence-electron chi connectivity index (χ2n) is 2.72. The lowest BCUT2D eigenvalue weighted by Gasteiger charge is -2.11. The topological polar surface area (TPSA) is 46.5 Å². The molecule has 0 aromatic carbocycles. The highest BCUT2D eigenvalue weighted by molar-refractivity contribution is 7.32. The van der Waals surface area contributed by atoms with E-state index in [1.165, 1.54) is 0 Å². The van der Waals surface area contributed by atoms with Gasteiger partial charge in [0.05, 0.1) is 6.61 Å². The van der Waals surface area contributed by atoms with Crippen LogP contribution in [0.15, 0.2) is 12.7 Å². The Hall–Kier alpha value is -0.550. The Balaban J connectivity index is 3.73. The van der Waals surface area contributed by atoms with Crippen LogP contribution < -0.4 is 0 Å². The normalized spacial score (nSPS) is 14.5. The molecule has 0 saturated carbocycles. The summed E-state index contributed by atoms with van der Waals surface area (Å²) in [6.07, 6.45) is 9.21. The summed E-state index contributed by atoms with van der Waals surface area (Å²) in [5.74, 6) is 2.67. The van der Waals surface area contributed by atoms with Gasteiger partial charge >= 0.3 is 8.25 Å². The van der Waals surface area contributed by atoms with Crippen molar-refractivity contribution in [1.29, 1.82) is 0 Å². The molecule has 0 aliphatic heterocycles. The highest BCUT2D eigenvalue weighted by atomic mass is 31.1. The SMILES string of the molecule is C#CCC(CCC=C)CO[PH](=O)O. The predicted octanol–water partition coefficient (Wildman–Crippen LogP) is 1.99. The third-order valence-corrected chi connectivity index (χ3v) is 2.04. The fraction of sp³-hybridized carbons (Fsp3) is 0.556. The van der Waals surface area contributed by atoms with Gasteiger partial charge in [-0.05, 0) is 18.8 Å². The van der Waals surface area contributed by atoms with Crippen LogP contribution >= 0.6 is 8.25 Å². The molecule has 0 bridgehead atoms. The van der Waals surface area contributed by atoms with E-state index < -0.39 is 8.25 Å². The molecule has 0 aromatic rings. The second-order valence-corrected chi connectivity index (χ2v) is 3.54. The first-order chi connectivity index (χ1) is 6.20. The van der Waals surface area contributed by atoms with Gasteiger partial charge in [-0.2, -0.15) is 0 Å². The molecule has 0 heterocycles. The summed E-state index contributed by atoms with van der Waals surface area (Å²) in [6, 6.07) is 0. The molecule has 0 aliphatic carbocycles. The zero-order chi connectivity index (χ0) is 10.1. The van der Waals surface area contributed by atoms with Gasteiger partial charge in [-0.3, -0.25) is 4.57 Å². The molecule has 2 unspecified atom stereocenters. The largest absolute Gasteiger partial charge is 0.326 e. The minimum atomic E-state index is -2.82. The Morgan fingerprint density at radius 3 is 2.92 bits per heavy atom. The van der Waals surface area contributed by atoms with E-state index in [0.29, 0.717) is 6.42 Å². The lowest BCUT2D eigenvalue weighted by atomic mass is 10.0. The van der Waals surface area contributed by atoms with Crippen molar-refractivity contribution >= 4 is 8.25 Å². The molecule has 2 atom stereocenters. The molecule has 3 nitrogen and oxygen atoms in total. The van der Waals surface area contributed by atoms with Crippen molar-refractivity contribution in [3.63, 3.8) is 0 Å². The van der Waals surface area contributed by atoms with Crippen molar-refractivity contribution < 1.29 is 14.0 Å². The van der Waals surface area contributed by atoms with Crippen molar-refractivity contribution in [2.24, 2.45) is 5.92 Å². The van der Waals surface area contributed by atoms with Crippen molar-refractivity contribution in [3.05, 3.63) is 12.7 Å². The number of hydrogen-bond acceptors (Lipinski definition) is 2. The van der Waals surface area contributed by atoms with Crippen LogP contribution in [-0.4, -0.2) is 11.5 Å². The summed E-state index contributed by atoms with van der Waals surface area (Å²) >= 11 is 0. The summed E-state index contributed by atoms with van der Waals surface area (Å²) in [6.45, 7) is 3.85. The molecule has 0 saturated heterocycles. The highest BCUT2D eigenvalue weighted by Crippen LogP contribution is 2.20. The van der Waals surface area contributed by atoms with Gasteiger partial charge in [0, 0.05) is 6.42 Å². The summed E-state index contributed by atoms with van der Waals surface area (Å²) in [7, 11) is -2.82. The van der Waals surface area contributed by atoms with E-state index in [4.69, 9.17) is 11.3 Å². The molecule has 0 amide bonds. The van der Waals surface area contributed by atoms with Gasteiger partial charge in [0.25, 0.3) is 0 Å². The van der Waals surface area contributed by atoms with E-state index in [0.717, 1.165) is 12.8 Å². The fourth-order valence-electron chi connectivity index (χ4n) is 0.954. The summed E-state index contributed by atoms with van der Waals surface area (Å²) in [4.78, 5) is 8.45. The standard InChI is InChI=1S/C9H15O3P/c1-3-5-7-9(6-4-2)8-12-13(10)11/h2-3,9,13H,1,5-8H2,(H,10,11). The van der Waals surface area contributed by atoms with Crippen LogP contribution in [0.5, 0.6) is 0 Å². The van der Waals surface area contributed by atoms with Gasteiger partial charge in [0.15, 0.2) is 0 Å². The van der Waals surface area contributed by atoms with Gasteiger partial charge in [-0.25, -0.2) is 0 Å². The molecule has 0 rings (SSSR count). The summed E-state index contributed by atoms with van der Waals surface area (Å²) in [5.41, 5.74) is 0. The van der Waals surface area contributed by atoms with Crippen LogP contribution in [0, 0.1) is 18.3 Å². The maximum absolute atomic E-state index is 10.3. The Labute approximate surface area is 79.8 Å². The quantitative estimate of drug-likeness (QED) is 0.390. The molecule has 0 aliphatic rings. The van der Waals surface area contributed by atoms with E-state index in [1.807, 2.05) is 0 Å². The molecular weight excluding hydrogens is 187 g/mol. The minimum absolute atomic E-state index is 0.157. The van der Waals surface area contributed by atoms with E-state index in [-0.39, 0.29) is 12.5 Å². The van der Waals surface area contributed by atoms with Crippen LogP contribution in [0.25, 0.3) is 0 Å². The zero-order valence-electron chi connectivity index (χ0n) is 7.53. The van der Waals surface area contributed by atoms with Crippen LogP contribution in [0.2, 0.25) is 0 Å².